The number of carbonyl (C=O) groups is 1. The van der Waals surface area contributed by atoms with Gasteiger partial charge < -0.3 is 15.0 Å². The van der Waals surface area contributed by atoms with Crippen molar-refractivity contribution in [1.82, 2.24) is 20.4 Å². The molecule has 2 aliphatic heterocycles. The topological polar surface area (TPSA) is 70.2 Å². The average molecular weight is 326 g/mol. The van der Waals surface area contributed by atoms with Crippen LogP contribution in [0.4, 0.5) is 4.79 Å². The molecule has 2 aromatic rings. The van der Waals surface area contributed by atoms with Crippen LogP contribution in [0.3, 0.4) is 0 Å². The summed E-state index contributed by atoms with van der Waals surface area (Å²) >= 11 is 0. The van der Waals surface area contributed by atoms with Crippen molar-refractivity contribution in [3.05, 3.63) is 47.8 Å². The van der Waals surface area contributed by atoms with Crippen LogP contribution < -0.4 is 10.1 Å². The van der Waals surface area contributed by atoms with Gasteiger partial charge in [0.25, 0.3) is 0 Å². The van der Waals surface area contributed by atoms with Crippen molar-refractivity contribution in [3.8, 4) is 5.75 Å². The normalized spacial score (nSPS) is 22.8. The molecule has 6 nitrogen and oxygen atoms in total. The highest BCUT2D eigenvalue weighted by Gasteiger charge is 2.30. The molecule has 0 aliphatic carbocycles. The number of rotatable bonds is 3. The summed E-state index contributed by atoms with van der Waals surface area (Å²) in [5.74, 6) is 0.936. The monoisotopic (exact) mass is 326 g/mol. The van der Waals surface area contributed by atoms with Gasteiger partial charge in [-0.05, 0) is 30.9 Å². The zero-order valence-electron chi connectivity index (χ0n) is 13.6. The van der Waals surface area contributed by atoms with Crippen LogP contribution in [0.5, 0.6) is 5.75 Å². The van der Waals surface area contributed by atoms with Gasteiger partial charge in [-0.2, -0.15) is 5.10 Å². The van der Waals surface area contributed by atoms with Gasteiger partial charge in [-0.15, -0.1) is 0 Å². The Morgan fingerprint density at radius 2 is 2.29 bits per heavy atom. The highest BCUT2D eigenvalue weighted by atomic mass is 16.5. The van der Waals surface area contributed by atoms with Crippen molar-refractivity contribution in [2.45, 2.75) is 37.8 Å². The molecule has 2 N–H and O–H groups in total. The molecule has 0 saturated carbocycles. The van der Waals surface area contributed by atoms with E-state index in [2.05, 4.69) is 21.6 Å². The Kier molecular flexibility index (Phi) is 4.11. The van der Waals surface area contributed by atoms with Crippen molar-refractivity contribution in [2.24, 2.45) is 0 Å². The lowest BCUT2D eigenvalue weighted by atomic mass is 9.98. The smallest absolute Gasteiger partial charge is 0.318 e. The maximum Gasteiger partial charge on any atom is 0.318 e. The van der Waals surface area contributed by atoms with E-state index in [1.165, 1.54) is 5.56 Å². The van der Waals surface area contributed by atoms with E-state index in [4.69, 9.17) is 4.74 Å². The second-order valence-electron chi connectivity index (χ2n) is 6.47. The average Bonchev–Trinajstić information content (AvgIpc) is 3.28. The van der Waals surface area contributed by atoms with Crippen molar-refractivity contribution in [2.75, 3.05) is 13.1 Å². The van der Waals surface area contributed by atoms with E-state index in [0.29, 0.717) is 6.54 Å². The Bertz CT molecular complexity index is 676. The molecule has 6 heteroatoms. The number of urea groups is 1. The minimum absolute atomic E-state index is 0.0135. The predicted octanol–water partition coefficient (Wildman–Crippen LogP) is 2.65. The van der Waals surface area contributed by atoms with Gasteiger partial charge >= 0.3 is 6.03 Å². The fraction of sp³-hybridized carbons (Fsp3) is 0.444. The Morgan fingerprint density at radius 3 is 3.12 bits per heavy atom. The van der Waals surface area contributed by atoms with Gasteiger partial charge in [0.2, 0.25) is 0 Å². The van der Waals surface area contributed by atoms with E-state index in [9.17, 15) is 4.79 Å². The first-order valence-electron chi connectivity index (χ1n) is 8.59. The van der Waals surface area contributed by atoms with Crippen LogP contribution in [-0.2, 0) is 6.42 Å². The number of ether oxygens (including phenoxy) is 1. The molecule has 0 bridgehead atoms. The number of hydrogen-bond donors (Lipinski definition) is 2. The van der Waals surface area contributed by atoms with Gasteiger partial charge in [-0.25, -0.2) is 4.79 Å². The number of piperidine rings is 1. The molecule has 1 aromatic heterocycles. The molecule has 1 aromatic carbocycles. The number of aromatic nitrogens is 2. The Labute approximate surface area is 141 Å². The summed E-state index contributed by atoms with van der Waals surface area (Å²) in [4.78, 5) is 14.6. The van der Waals surface area contributed by atoms with Gasteiger partial charge in [0.05, 0.1) is 18.8 Å². The molecule has 4 rings (SSSR count). The van der Waals surface area contributed by atoms with Gasteiger partial charge in [-0.1, -0.05) is 18.2 Å². The third kappa shape index (κ3) is 2.96. The summed E-state index contributed by atoms with van der Waals surface area (Å²) in [6.45, 7) is 1.32. The molecule has 2 amide bonds. The molecule has 2 unspecified atom stereocenters. The molecule has 2 atom stereocenters. The van der Waals surface area contributed by atoms with E-state index in [1.54, 1.807) is 0 Å². The number of nitrogens with one attached hydrogen (secondary N) is 2. The van der Waals surface area contributed by atoms with Gasteiger partial charge in [0.1, 0.15) is 11.9 Å². The molecular weight excluding hydrogens is 304 g/mol. The Morgan fingerprint density at radius 1 is 1.38 bits per heavy atom. The number of nitrogens with zero attached hydrogens (tertiary/aromatic N) is 2. The van der Waals surface area contributed by atoms with Crippen molar-refractivity contribution in [1.29, 1.82) is 0 Å². The zero-order chi connectivity index (χ0) is 16.4. The number of amides is 2. The summed E-state index contributed by atoms with van der Waals surface area (Å²) in [6.07, 6.45) is 7.73. The van der Waals surface area contributed by atoms with E-state index in [-0.39, 0.29) is 18.2 Å². The zero-order valence-corrected chi connectivity index (χ0v) is 13.6. The number of benzene rings is 1. The van der Waals surface area contributed by atoms with Crippen LogP contribution in [-0.4, -0.2) is 40.3 Å². The summed E-state index contributed by atoms with van der Waals surface area (Å²) < 4.78 is 5.90. The molecule has 1 fully saturated rings. The van der Waals surface area contributed by atoms with Crippen LogP contribution in [0.2, 0.25) is 0 Å². The van der Waals surface area contributed by atoms with Crippen LogP contribution in [0.15, 0.2) is 36.7 Å². The van der Waals surface area contributed by atoms with Crippen LogP contribution in [0, 0.1) is 0 Å². The highest BCUT2D eigenvalue weighted by Crippen LogP contribution is 2.31. The lowest BCUT2D eigenvalue weighted by molar-refractivity contribution is 0.145. The van der Waals surface area contributed by atoms with E-state index < -0.39 is 0 Å². The lowest BCUT2D eigenvalue weighted by Crippen LogP contribution is -2.47. The number of H-pyrrole nitrogens is 1. The number of likely N-dealkylation sites (tertiary alicyclic amines) is 1. The van der Waals surface area contributed by atoms with Gasteiger partial charge in [0, 0.05) is 24.7 Å². The van der Waals surface area contributed by atoms with Crippen LogP contribution >= 0.6 is 0 Å². The first-order chi connectivity index (χ1) is 11.8. The van der Waals surface area contributed by atoms with Crippen LogP contribution in [0.1, 0.15) is 36.4 Å². The van der Waals surface area contributed by atoms with Gasteiger partial charge in [0.15, 0.2) is 0 Å². The predicted molar refractivity (Wildman–Crippen MR) is 89.8 cm³/mol. The van der Waals surface area contributed by atoms with Crippen molar-refractivity contribution in [3.63, 3.8) is 0 Å². The first kappa shape index (κ1) is 15.1. The molecular formula is C18H22N4O2. The maximum absolute atomic E-state index is 12.7. The Balaban J connectivity index is 1.36. The third-order valence-corrected chi connectivity index (χ3v) is 4.86. The summed E-state index contributed by atoms with van der Waals surface area (Å²) in [7, 11) is 0. The van der Waals surface area contributed by atoms with E-state index in [1.807, 2.05) is 35.5 Å². The number of fused-ring (bicyclic) bond motifs is 1. The molecule has 24 heavy (non-hydrogen) atoms. The number of para-hydroxylation sites is 1. The van der Waals surface area contributed by atoms with Gasteiger partial charge in [-0.3, -0.25) is 5.10 Å². The standard InChI is InChI=1S/C18H22N4O2/c23-18(19-12-15-9-13-5-1-2-7-17(13)24-15)22-8-4-3-6-16(22)14-10-20-21-11-14/h1-2,5,7,10-11,15-16H,3-4,6,8-9,12H2,(H,19,23)(H,20,21). The highest BCUT2D eigenvalue weighted by molar-refractivity contribution is 5.75. The molecule has 0 radical (unpaired) electrons. The fourth-order valence-electron chi connectivity index (χ4n) is 3.63. The second kappa shape index (κ2) is 6.55. The van der Waals surface area contributed by atoms with Crippen molar-refractivity contribution < 1.29 is 9.53 Å². The SMILES string of the molecule is O=C(NCC1Cc2ccccc2O1)N1CCCCC1c1cn[nH]c1. The molecule has 2 aliphatic rings. The molecule has 0 spiro atoms. The van der Waals surface area contributed by atoms with Crippen LogP contribution in [0.25, 0.3) is 0 Å². The third-order valence-electron chi connectivity index (χ3n) is 4.86. The van der Waals surface area contributed by atoms with E-state index >= 15 is 0 Å². The van der Waals surface area contributed by atoms with Crippen molar-refractivity contribution >= 4 is 6.03 Å². The minimum Gasteiger partial charge on any atom is -0.488 e. The minimum atomic E-state index is -0.0135. The maximum atomic E-state index is 12.7. The summed E-state index contributed by atoms with van der Waals surface area (Å²) in [6, 6.07) is 8.16. The second-order valence-corrected chi connectivity index (χ2v) is 6.47. The first-order valence-corrected chi connectivity index (χ1v) is 8.59. The Hall–Kier alpha value is -2.50. The summed E-state index contributed by atoms with van der Waals surface area (Å²) in [5.41, 5.74) is 2.29. The van der Waals surface area contributed by atoms with E-state index in [0.717, 1.165) is 43.5 Å². The summed E-state index contributed by atoms with van der Waals surface area (Å²) in [5, 5.41) is 9.92. The quantitative estimate of drug-likeness (QED) is 0.911. The fourth-order valence-corrected chi connectivity index (χ4v) is 3.63. The number of aromatic amines is 1. The molecule has 1 saturated heterocycles. The number of hydrogen-bond acceptors (Lipinski definition) is 3. The molecule has 3 heterocycles. The largest absolute Gasteiger partial charge is 0.488 e. The molecule has 126 valence electrons. The number of carbonyl (C=O) groups excluding carboxylic acids is 1. The lowest BCUT2D eigenvalue weighted by Gasteiger charge is -2.35.